The Hall–Kier alpha value is -1.37. The first-order valence-corrected chi connectivity index (χ1v) is 5.91. The normalized spacial score (nSPS) is 12.5. The molecule has 0 amide bonds. The number of rotatable bonds is 2. The molecule has 0 N–H and O–H groups in total. The van der Waals surface area contributed by atoms with E-state index in [1.165, 1.54) is 0 Å². The summed E-state index contributed by atoms with van der Waals surface area (Å²) < 4.78 is 59.3. The van der Waals surface area contributed by atoms with E-state index in [9.17, 15) is 26.4 Å². The Morgan fingerprint density at radius 2 is 1.75 bits per heavy atom. The molecule has 1 rings (SSSR count). The van der Waals surface area contributed by atoms with Crippen molar-refractivity contribution >= 4 is 16.1 Å². The van der Waals surface area contributed by atoms with E-state index in [0.717, 1.165) is 12.3 Å². The second kappa shape index (κ2) is 3.89. The van der Waals surface area contributed by atoms with Gasteiger partial charge in [-0.15, -0.1) is 0 Å². The first-order valence-electron chi connectivity index (χ1n) is 4.02. The summed E-state index contributed by atoms with van der Waals surface area (Å²) in [5.74, 6) is 0. The predicted octanol–water partition coefficient (Wildman–Crippen LogP) is 1.92. The van der Waals surface area contributed by atoms with Gasteiger partial charge in [-0.05, 0) is 18.2 Å². The van der Waals surface area contributed by atoms with E-state index < -0.39 is 26.5 Å². The number of aldehydes is 1. The van der Waals surface area contributed by atoms with Gasteiger partial charge >= 0.3 is 6.18 Å². The topological polar surface area (TPSA) is 51.2 Å². The summed E-state index contributed by atoms with van der Waals surface area (Å²) in [7, 11) is -3.78. The molecule has 3 nitrogen and oxygen atoms in total. The number of carbonyl (C=O) groups is 1. The van der Waals surface area contributed by atoms with E-state index in [1.54, 1.807) is 0 Å². The summed E-state index contributed by atoms with van der Waals surface area (Å²) in [5.41, 5.74) is -1.48. The van der Waals surface area contributed by atoms with Crippen molar-refractivity contribution < 1.29 is 26.4 Å². The molecule has 88 valence electrons. The quantitative estimate of drug-likeness (QED) is 0.755. The van der Waals surface area contributed by atoms with Crippen LogP contribution in [0.15, 0.2) is 23.1 Å². The van der Waals surface area contributed by atoms with Gasteiger partial charge in [-0.1, -0.05) is 0 Å². The average molecular weight is 252 g/mol. The Bertz CT molecular complexity index is 517. The van der Waals surface area contributed by atoms with Crippen molar-refractivity contribution in [2.45, 2.75) is 11.1 Å². The molecule has 0 radical (unpaired) electrons. The van der Waals surface area contributed by atoms with Crippen molar-refractivity contribution in [3.05, 3.63) is 29.3 Å². The lowest BCUT2D eigenvalue weighted by atomic mass is 10.1. The van der Waals surface area contributed by atoms with Crippen LogP contribution >= 0.6 is 0 Å². The molecule has 1 aromatic rings. The van der Waals surface area contributed by atoms with Crippen LogP contribution in [0, 0.1) is 0 Å². The third kappa shape index (κ3) is 2.82. The monoisotopic (exact) mass is 252 g/mol. The molecule has 1 aromatic carbocycles. The van der Waals surface area contributed by atoms with Gasteiger partial charge in [0.05, 0.1) is 10.5 Å². The molecule has 0 fully saturated rings. The van der Waals surface area contributed by atoms with Crippen LogP contribution in [0.5, 0.6) is 0 Å². The van der Waals surface area contributed by atoms with E-state index in [0.29, 0.717) is 12.1 Å². The molecular weight excluding hydrogens is 245 g/mol. The van der Waals surface area contributed by atoms with Gasteiger partial charge in [0.2, 0.25) is 0 Å². The van der Waals surface area contributed by atoms with Crippen LogP contribution in [-0.4, -0.2) is 21.0 Å². The average Bonchev–Trinajstić information content (AvgIpc) is 2.14. The van der Waals surface area contributed by atoms with Gasteiger partial charge in [0, 0.05) is 11.8 Å². The van der Waals surface area contributed by atoms with Crippen molar-refractivity contribution in [2.75, 3.05) is 6.26 Å². The lowest BCUT2D eigenvalue weighted by Gasteiger charge is -2.09. The molecule has 0 bridgehead atoms. The zero-order chi connectivity index (χ0) is 12.6. The van der Waals surface area contributed by atoms with Gasteiger partial charge in [-0.25, -0.2) is 8.42 Å². The van der Waals surface area contributed by atoms with Crippen LogP contribution in [0.1, 0.15) is 15.9 Å². The van der Waals surface area contributed by atoms with Crippen molar-refractivity contribution in [3.8, 4) is 0 Å². The number of hydrogen-bond donors (Lipinski definition) is 0. The van der Waals surface area contributed by atoms with Crippen LogP contribution in [0.3, 0.4) is 0 Å². The highest BCUT2D eigenvalue weighted by Crippen LogP contribution is 2.31. The minimum Gasteiger partial charge on any atom is -0.298 e. The van der Waals surface area contributed by atoms with E-state index in [-0.39, 0.29) is 11.8 Å². The standard InChI is InChI=1S/C9H7F3O3S/c1-16(14,15)8-3-6(5-13)2-7(4-8)9(10,11)12/h2-5H,1H3. The molecule has 0 unspecified atom stereocenters. The van der Waals surface area contributed by atoms with Crippen molar-refractivity contribution in [1.82, 2.24) is 0 Å². The molecule has 0 aliphatic rings. The summed E-state index contributed by atoms with van der Waals surface area (Å²) in [6.07, 6.45) is -3.74. The highest BCUT2D eigenvalue weighted by molar-refractivity contribution is 7.90. The fourth-order valence-electron chi connectivity index (χ4n) is 1.07. The molecule has 7 heteroatoms. The maximum Gasteiger partial charge on any atom is 0.416 e. The SMILES string of the molecule is CS(=O)(=O)c1cc(C=O)cc(C(F)(F)F)c1. The zero-order valence-corrected chi connectivity index (χ0v) is 8.89. The predicted molar refractivity (Wildman–Crippen MR) is 49.9 cm³/mol. The second-order valence-electron chi connectivity index (χ2n) is 3.18. The minimum absolute atomic E-state index is 0.171. The molecule has 0 saturated carbocycles. The number of sulfone groups is 1. The van der Waals surface area contributed by atoms with E-state index in [1.807, 2.05) is 0 Å². The third-order valence-corrected chi connectivity index (χ3v) is 2.91. The second-order valence-corrected chi connectivity index (χ2v) is 5.19. The fraction of sp³-hybridized carbons (Fsp3) is 0.222. The zero-order valence-electron chi connectivity index (χ0n) is 8.08. The lowest BCUT2D eigenvalue weighted by molar-refractivity contribution is -0.137. The molecule has 0 saturated heterocycles. The van der Waals surface area contributed by atoms with Gasteiger partial charge < -0.3 is 0 Å². The molecule has 0 heterocycles. The lowest BCUT2D eigenvalue weighted by Crippen LogP contribution is -2.08. The molecular formula is C9H7F3O3S. The fourth-order valence-corrected chi connectivity index (χ4v) is 1.76. The van der Waals surface area contributed by atoms with Gasteiger partial charge in [-0.2, -0.15) is 13.2 Å². The highest BCUT2D eigenvalue weighted by Gasteiger charge is 2.32. The number of alkyl halides is 3. The maximum absolute atomic E-state index is 12.4. The number of carbonyl (C=O) groups excluding carboxylic acids is 1. The summed E-state index contributed by atoms with van der Waals surface area (Å²) in [4.78, 5) is 9.88. The van der Waals surface area contributed by atoms with Crippen molar-refractivity contribution in [1.29, 1.82) is 0 Å². The molecule has 0 atom stereocenters. The van der Waals surface area contributed by atoms with E-state index in [2.05, 4.69) is 0 Å². The maximum atomic E-state index is 12.4. The number of benzene rings is 1. The van der Waals surface area contributed by atoms with Crippen LogP contribution in [0.2, 0.25) is 0 Å². The van der Waals surface area contributed by atoms with E-state index >= 15 is 0 Å². The Kier molecular flexibility index (Phi) is 3.09. The summed E-state index contributed by atoms with van der Waals surface area (Å²) in [6, 6.07) is 2.00. The Balaban J connectivity index is 3.51. The summed E-state index contributed by atoms with van der Waals surface area (Å²) in [5, 5.41) is 0. The molecule has 0 aliphatic heterocycles. The smallest absolute Gasteiger partial charge is 0.298 e. The van der Waals surface area contributed by atoms with Crippen LogP contribution in [0.25, 0.3) is 0 Å². The van der Waals surface area contributed by atoms with Gasteiger partial charge in [0.25, 0.3) is 0 Å². The third-order valence-electron chi connectivity index (χ3n) is 1.82. The van der Waals surface area contributed by atoms with Crippen LogP contribution in [0.4, 0.5) is 13.2 Å². The summed E-state index contributed by atoms with van der Waals surface area (Å²) >= 11 is 0. The number of halogens is 3. The van der Waals surface area contributed by atoms with Crippen LogP contribution < -0.4 is 0 Å². The first kappa shape index (κ1) is 12.7. The molecule has 0 aliphatic carbocycles. The van der Waals surface area contributed by atoms with E-state index in [4.69, 9.17) is 0 Å². The Morgan fingerprint density at radius 1 is 1.19 bits per heavy atom. The molecule has 0 aromatic heterocycles. The van der Waals surface area contributed by atoms with Gasteiger partial charge in [0.1, 0.15) is 6.29 Å². The minimum atomic E-state index is -4.68. The molecule has 16 heavy (non-hydrogen) atoms. The van der Waals surface area contributed by atoms with Crippen LogP contribution in [-0.2, 0) is 16.0 Å². The van der Waals surface area contributed by atoms with Crippen molar-refractivity contribution in [3.63, 3.8) is 0 Å². The van der Waals surface area contributed by atoms with Gasteiger partial charge in [0.15, 0.2) is 9.84 Å². The highest BCUT2D eigenvalue weighted by atomic mass is 32.2. The molecule has 0 spiro atoms. The summed E-state index contributed by atoms with van der Waals surface area (Å²) in [6.45, 7) is 0. The van der Waals surface area contributed by atoms with Crippen molar-refractivity contribution in [2.24, 2.45) is 0 Å². The Morgan fingerprint density at radius 3 is 2.12 bits per heavy atom. The first-order chi connectivity index (χ1) is 7.14. The largest absolute Gasteiger partial charge is 0.416 e. The number of hydrogen-bond acceptors (Lipinski definition) is 3. The van der Waals surface area contributed by atoms with Gasteiger partial charge in [-0.3, -0.25) is 4.79 Å². The Labute approximate surface area is 89.8 Å².